The summed E-state index contributed by atoms with van der Waals surface area (Å²) in [6.07, 6.45) is 3.78. The van der Waals surface area contributed by atoms with Crippen LogP contribution in [0.2, 0.25) is 0 Å². The third kappa shape index (κ3) is 3.58. The molecule has 1 aromatic rings. The summed E-state index contributed by atoms with van der Waals surface area (Å²) in [5, 5.41) is 11.0. The van der Waals surface area contributed by atoms with Gasteiger partial charge in [-0.2, -0.15) is 0 Å². The van der Waals surface area contributed by atoms with Gasteiger partial charge in [-0.1, -0.05) is 27.7 Å². The van der Waals surface area contributed by atoms with Gasteiger partial charge in [-0.3, -0.25) is 0 Å². The van der Waals surface area contributed by atoms with Crippen LogP contribution in [0.3, 0.4) is 0 Å². The molecule has 1 fully saturated rings. The highest BCUT2D eigenvalue weighted by Gasteiger charge is 2.46. The predicted octanol–water partition coefficient (Wildman–Crippen LogP) is 5.02. The van der Waals surface area contributed by atoms with Crippen LogP contribution in [-0.2, 0) is 6.42 Å². The molecule has 3 heteroatoms. The third-order valence-corrected chi connectivity index (χ3v) is 5.33. The SMILES string of the molecule is CC1(C)CC(C)(C)CC(O)(Cc2ccc(Br)s2)C1. The second-order valence-electron chi connectivity index (χ2n) is 7.47. The molecule has 1 nitrogen and oxygen atoms in total. The van der Waals surface area contributed by atoms with Crippen molar-refractivity contribution >= 4 is 27.3 Å². The molecule has 0 aromatic carbocycles. The minimum atomic E-state index is -0.546. The van der Waals surface area contributed by atoms with E-state index < -0.39 is 5.60 Å². The highest BCUT2D eigenvalue weighted by Crippen LogP contribution is 2.51. The standard InChI is InChI=1S/C15H23BrOS/c1-13(2)8-14(3,4)10-15(17,9-13)7-11-5-6-12(16)18-11/h5-6,17H,7-10H2,1-4H3. The third-order valence-electron chi connectivity index (χ3n) is 3.70. The van der Waals surface area contributed by atoms with Gasteiger partial charge in [0.25, 0.3) is 0 Å². The summed E-state index contributed by atoms with van der Waals surface area (Å²) in [7, 11) is 0. The van der Waals surface area contributed by atoms with Crippen LogP contribution in [0.15, 0.2) is 15.9 Å². The van der Waals surface area contributed by atoms with E-state index >= 15 is 0 Å². The molecule has 102 valence electrons. The van der Waals surface area contributed by atoms with Gasteiger partial charge >= 0.3 is 0 Å². The van der Waals surface area contributed by atoms with Crippen molar-refractivity contribution in [3.8, 4) is 0 Å². The number of halogens is 1. The second-order valence-corrected chi connectivity index (χ2v) is 10.0. The van der Waals surface area contributed by atoms with Gasteiger partial charge in [0.15, 0.2) is 0 Å². The van der Waals surface area contributed by atoms with Gasteiger partial charge in [0.05, 0.1) is 9.39 Å². The Morgan fingerprint density at radius 2 is 1.67 bits per heavy atom. The minimum absolute atomic E-state index is 0.227. The molecule has 0 radical (unpaired) electrons. The van der Waals surface area contributed by atoms with Crippen LogP contribution in [0.25, 0.3) is 0 Å². The van der Waals surface area contributed by atoms with Crippen molar-refractivity contribution in [3.63, 3.8) is 0 Å². The van der Waals surface area contributed by atoms with Crippen LogP contribution in [0, 0.1) is 10.8 Å². The van der Waals surface area contributed by atoms with Crippen LogP contribution < -0.4 is 0 Å². The molecule has 18 heavy (non-hydrogen) atoms. The topological polar surface area (TPSA) is 20.2 Å². The maximum absolute atomic E-state index is 11.0. The largest absolute Gasteiger partial charge is 0.389 e. The summed E-state index contributed by atoms with van der Waals surface area (Å²) in [5.74, 6) is 0. The van der Waals surface area contributed by atoms with E-state index in [9.17, 15) is 5.11 Å². The molecule has 0 spiro atoms. The highest BCUT2D eigenvalue weighted by atomic mass is 79.9. The van der Waals surface area contributed by atoms with Crippen LogP contribution in [-0.4, -0.2) is 10.7 Å². The Morgan fingerprint density at radius 1 is 1.11 bits per heavy atom. The Balaban J connectivity index is 2.19. The van der Waals surface area contributed by atoms with E-state index in [0.717, 1.165) is 23.0 Å². The average molecular weight is 331 g/mol. The summed E-state index contributed by atoms with van der Waals surface area (Å²) in [5.41, 5.74) is -0.0917. The molecule has 1 saturated carbocycles. The first kappa shape index (κ1) is 14.5. The van der Waals surface area contributed by atoms with Gasteiger partial charge in [0.2, 0.25) is 0 Å². The second kappa shape index (κ2) is 4.60. The Kier molecular flexibility index (Phi) is 3.72. The van der Waals surface area contributed by atoms with E-state index in [1.54, 1.807) is 11.3 Å². The van der Waals surface area contributed by atoms with Crippen LogP contribution in [0.5, 0.6) is 0 Å². The Morgan fingerprint density at radius 3 is 2.11 bits per heavy atom. The Hall–Kier alpha value is 0.140. The molecule has 0 unspecified atom stereocenters. The highest BCUT2D eigenvalue weighted by molar-refractivity contribution is 9.11. The van der Waals surface area contributed by atoms with Crippen molar-refractivity contribution in [2.45, 2.75) is 59.0 Å². The molecule has 0 bridgehead atoms. The summed E-state index contributed by atoms with van der Waals surface area (Å²) < 4.78 is 1.15. The van der Waals surface area contributed by atoms with E-state index in [-0.39, 0.29) is 10.8 Å². The lowest BCUT2D eigenvalue weighted by Crippen LogP contribution is -2.47. The van der Waals surface area contributed by atoms with Crippen LogP contribution in [0.1, 0.15) is 51.8 Å². The van der Waals surface area contributed by atoms with Crippen molar-refractivity contribution in [1.82, 2.24) is 0 Å². The molecule has 2 rings (SSSR count). The first-order valence-electron chi connectivity index (χ1n) is 6.56. The Labute approximate surface area is 123 Å². The van der Waals surface area contributed by atoms with E-state index in [0.29, 0.717) is 0 Å². The maximum Gasteiger partial charge on any atom is 0.0706 e. The molecule has 0 atom stereocenters. The maximum atomic E-state index is 11.0. The number of aliphatic hydroxyl groups is 1. The normalized spacial score (nSPS) is 25.0. The zero-order valence-electron chi connectivity index (χ0n) is 11.7. The van der Waals surface area contributed by atoms with Crippen molar-refractivity contribution in [1.29, 1.82) is 0 Å². The first-order valence-corrected chi connectivity index (χ1v) is 8.17. The quantitative estimate of drug-likeness (QED) is 0.807. The average Bonchev–Trinajstić information content (AvgIpc) is 2.42. The molecule has 0 amide bonds. The van der Waals surface area contributed by atoms with Gasteiger partial charge in [0.1, 0.15) is 0 Å². The van der Waals surface area contributed by atoms with E-state index in [1.165, 1.54) is 11.3 Å². The minimum Gasteiger partial charge on any atom is -0.389 e. The van der Waals surface area contributed by atoms with E-state index in [2.05, 4.69) is 55.8 Å². The monoisotopic (exact) mass is 330 g/mol. The summed E-state index contributed by atoms with van der Waals surface area (Å²) in [6, 6.07) is 4.20. The van der Waals surface area contributed by atoms with Gasteiger partial charge < -0.3 is 5.11 Å². The Bertz CT molecular complexity index is 417. The van der Waals surface area contributed by atoms with Crippen LogP contribution in [0.4, 0.5) is 0 Å². The molecular weight excluding hydrogens is 308 g/mol. The predicted molar refractivity (Wildman–Crippen MR) is 82.1 cm³/mol. The fourth-order valence-electron chi connectivity index (χ4n) is 4.16. The molecule has 1 N–H and O–H groups in total. The number of hydrogen-bond acceptors (Lipinski definition) is 2. The van der Waals surface area contributed by atoms with E-state index in [4.69, 9.17) is 0 Å². The molecule has 0 aliphatic heterocycles. The molecule has 1 aliphatic rings. The van der Waals surface area contributed by atoms with Crippen molar-refractivity contribution in [2.75, 3.05) is 0 Å². The van der Waals surface area contributed by atoms with Gasteiger partial charge in [-0.05, 0) is 58.2 Å². The molecular formula is C15H23BrOS. The van der Waals surface area contributed by atoms with E-state index in [1.807, 2.05) is 0 Å². The number of thiophene rings is 1. The number of rotatable bonds is 2. The molecule has 1 aromatic heterocycles. The van der Waals surface area contributed by atoms with Crippen molar-refractivity contribution in [2.24, 2.45) is 10.8 Å². The van der Waals surface area contributed by atoms with Crippen molar-refractivity contribution in [3.05, 3.63) is 20.8 Å². The zero-order chi connectivity index (χ0) is 13.6. The van der Waals surface area contributed by atoms with Gasteiger partial charge in [0, 0.05) is 11.3 Å². The van der Waals surface area contributed by atoms with Crippen LogP contribution >= 0.6 is 27.3 Å². The molecule has 1 aliphatic carbocycles. The van der Waals surface area contributed by atoms with Crippen molar-refractivity contribution < 1.29 is 5.11 Å². The number of hydrogen-bond donors (Lipinski definition) is 1. The summed E-state index contributed by atoms with van der Waals surface area (Å²) in [6.45, 7) is 9.12. The molecule has 1 heterocycles. The first-order chi connectivity index (χ1) is 8.09. The van der Waals surface area contributed by atoms with Gasteiger partial charge in [-0.15, -0.1) is 11.3 Å². The van der Waals surface area contributed by atoms with Gasteiger partial charge in [-0.25, -0.2) is 0 Å². The zero-order valence-corrected chi connectivity index (χ0v) is 14.1. The lowest BCUT2D eigenvalue weighted by molar-refractivity contribution is -0.0846. The molecule has 0 saturated heterocycles. The fourth-order valence-corrected chi connectivity index (χ4v) is 5.78. The lowest BCUT2D eigenvalue weighted by atomic mass is 9.59. The smallest absolute Gasteiger partial charge is 0.0706 e. The summed E-state index contributed by atoms with van der Waals surface area (Å²) in [4.78, 5) is 1.28. The fraction of sp³-hybridized carbons (Fsp3) is 0.733. The summed E-state index contributed by atoms with van der Waals surface area (Å²) >= 11 is 5.23. The lowest BCUT2D eigenvalue weighted by Gasteiger charge is -2.49.